The van der Waals surface area contributed by atoms with Gasteiger partial charge in [-0.1, -0.05) is 18.6 Å². The van der Waals surface area contributed by atoms with Crippen LogP contribution < -0.4 is 32.6 Å². The fourth-order valence-corrected chi connectivity index (χ4v) is 2.52. The van der Waals surface area contributed by atoms with E-state index in [0.717, 1.165) is 12.8 Å². The molecule has 31 heavy (non-hydrogen) atoms. The normalized spacial score (nSPS) is 12.0. The van der Waals surface area contributed by atoms with E-state index < -0.39 is 12.0 Å². The van der Waals surface area contributed by atoms with Crippen LogP contribution in [0.1, 0.15) is 19.3 Å². The molecular weight excluding hydrogens is 400 g/mol. The van der Waals surface area contributed by atoms with Crippen LogP contribution in [0.3, 0.4) is 0 Å². The van der Waals surface area contributed by atoms with Crippen LogP contribution in [0.4, 0.5) is 23.0 Å². The summed E-state index contributed by atoms with van der Waals surface area (Å²) in [7, 11) is 1.64. The average molecular weight is 428 g/mol. The molecule has 0 aliphatic rings. The summed E-state index contributed by atoms with van der Waals surface area (Å²) in [6.07, 6.45) is 2.11. The number of benzene rings is 1. The van der Waals surface area contributed by atoms with E-state index in [2.05, 4.69) is 25.8 Å². The lowest BCUT2D eigenvalue weighted by molar-refractivity contribution is -0.133. The summed E-state index contributed by atoms with van der Waals surface area (Å²) in [5.74, 6) is -0.200. The molecule has 0 spiro atoms. The minimum absolute atomic E-state index is 0.0617. The van der Waals surface area contributed by atoms with Gasteiger partial charge in [-0.25, -0.2) is 4.98 Å². The lowest BCUT2D eigenvalue weighted by Gasteiger charge is -2.12. The lowest BCUT2D eigenvalue weighted by atomic mass is 10.1. The molecular formula is C20H28N8O3. The first-order chi connectivity index (χ1) is 14.9. The molecule has 0 unspecified atom stereocenters. The number of azo groups is 1. The minimum Gasteiger partial charge on any atom is -0.423 e. The first-order valence-electron chi connectivity index (χ1n) is 9.83. The molecule has 1 aromatic carbocycles. The molecule has 0 radical (unpaired) electrons. The van der Waals surface area contributed by atoms with E-state index in [1.807, 2.05) is 0 Å². The summed E-state index contributed by atoms with van der Waals surface area (Å²) in [6.45, 7) is 0.623. The third kappa shape index (κ3) is 7.74. The molecule has 2 rings (SSSR count). The number of anilines is 2. The molecule has 0 fully saturated rings. The van der Waals surface area contributed by atoms with Gasteiger partial charge >= 0.3 is 5.97 Å². The zero-order valence-electron chi connectivity index (χ0n) is 17.4. The van der Waals surface area contributed by atoms with E-state index in [-0.39, 0.29) is 29.8 Å². The van der Waals surface area contributed by atoms with Crippen LogP contribution in [-0.2, 0) is 9.59 Å². The van der Waals surface area contributed by atoms with Crippen molar-refractivity contribution >= 4 is 34.9 Å². The molecule has 11 nitrogen and oxygen atoms in total. The quantitative estimate of drug-likeness (QED) is 0.155. The largest absolute Gasteiger partial charge is 0.423 e. The summed E-state index contributed by atoms with van der Waals surface area (Å²) in [5, 5.41) is 13.5. The number of nitrogens with one attached hydrogen (secondary N) is 2. The summed E-state index contributed by atoms with van der Waals surface area (Å²) < 4.78 is 5.26. The molecule has 0 aliphatic carbocycles. The van der Waals surface area contributed by atoms with Crippen LogP contribution in [-0.4, -0.2) is 43.0 Å². The van der Waals surface area contributed by atoms with Crippen molar-refractivity contribution in [3.63, 3.8) is 0 Å². The Kier molecular flexibility index (Phi) is 9.49. The summed E-state index contributed by atoms with van der Waals surface area (Å²) in [4.78, 5) is 28.0. The van der Waals surface area contributed by atoms with Crippen molar-refractivity contribution in [1.82, 2.24) is 10.3 Å². The Morgan fingerprint density at radius 2 is 1.87 bits per heavy atom. The second-order valence-electron chi connectivity index (χ2n) is 6.65. The highest BCUT2D eigenvalue weighted by molar-refractivity contribution is 5.94. The molecule has 166 valence electrons. The smallest absolute Gasteiger partial charge is 0.325 e. The zero-order chi connectivity index (χ0) is 22.6. The number of rotatable bonds is 11. The molecule has 1 amide bonds. The van der Waals surface area contributed by atoms with Gasteiger partial charge in [0, 0.05) is 0 Å². The molecule has 8 N–H and O–H groups in total. The SMILES string of the molecule is CNCC(=O)Oc1ccccc1N=Nc1ccc(NC(=O)[C@@H](N)CCCCN)nc1N. The van der Waals surface area contributed by atoms with Gasteiger partial charge in [0.15, 0.2) is 11.6 Å². The summed E-state index contributed by atoms with van der Waals surface area (Å²) >= 11 is 0. The van der Waals surface area contributed by atoms with Crippen LogP contribution in [0.5, 0.6) is 5.75 Å². The molecule has 1 aromatic heterocycles. The van der Waals surface area contributed by atoms with Gasteiger partial charge < -0.3 is 32.6 Å². The van der Waals surface area contributed by atoms with Gasteiger partial charge in [-0.05, 0) is 50.7 Å². The topological polar surface area (TPSA) is 183 Å². The molecule has 11 heteroatoms. The van der Waals surface area contributed by atoms with Crippen molar-refractivity contribution in [2.75, 3.05) is 31.2 Å². The first-order valence-corrected chi connectivity index (χ1v) is 9.83. The van der Waals surface area contributed by atoms with Gasteiger partial charge in [-0.3, -0.25) is 9.59 Å². The monoisotopic (exact) mass is 428 g/mol. The van der Waals surface area contributed by atoms with Gasteiger partial charge in [0.25, 0.3) is 0 Å². The van der Waals surface area contributed by atoms with Gasteiger partial charge in [0.2, 0.25) is 5.91 Å². The Labute approximate surface area is 180 Å². The third-order valence-corrected chi connectivity index (χ3v) is 4.14. The number of likely N-dealkylation sites (N-methyl/N-ethyl adjacent to an activating group) is 1. The fraction of sp³-hybridized carbons (Fsp3) is 0.350. The Balaban J connectivity index is 2.05. The van der Waals surface area contributed by atoms with Crippen molar-refractivity contribution in [3.8, 4) is 5.75 Å². The highest BCUT2D eigenvalue weighted by atomic mass is 16.5. The molecule has 0 saturated heterocycles. The number of hydrogen-bond acceptors (Lipinski definition) is 10. The van der Waals surface area contributed by atoms with E-state index in [1.165, 1.54) is 0 Å². The van der Waals surface area contributed by atoms with Gasteiger partial charge in [0.05, 0.1) is 12.6 Å². The predicted octanol–water partition coefficient (Wildman–Crippen LogP) is 1.60. The number of nitrogens with two attached hydrogens (primary N) is 3. The number of nitrogen functional groups attached to an aromatic ring is 1. The number of nitrogens with zero attached hydrogens (tertiary/aromatic N) is 3. The highest BCUT2D eigenvalue weighted by Crippen LogP contribution is 2.30. The van der Waals surface area contributed by atoms with Crippen molar-refractivity contribution in [2.24, 2.45) is 21.7 Å². The minimum atomic E-state index is -0.656. The van der Waals surface area contributed by atoms with Crippen LogP contribution >= 0.6 is 0 Å². The van der Waals surface area contributed by atoms with Crippen LogP contribution in [0.25, 0.3) is 0 Å². The number of unbranched alkanes of at least 4 members (excludes halogenated alkanes) is 1. The Hall–Kier alpha value is -3.41. The molecule has 0 bridgehead atoms. The number of pyridine rings is 1. The predicted molar refractivity (Wildman–Crippen MR) is 118 cm³/mol. The Morgan fingerprint density at radius 3 is 2.58 bits per heavy atom. The molecule has 2 aromatic rings. The number of carbonyl (C=O) groups is 2. The molecule has 1 heterocycles. The number of aromatic nitrogens is 1. The van der Waals surface area contributed by atoms with Crippen LogP contribution in [0.15, 0.2) is 46.6 Å². The number of amides is 1. The molecule has 0 saturated carbocycles. The third-order valence-electron chi connectivity index (χ3n) is 4.14. The van der Waals surface area contributed by atoms with Gasteiger partial charge in [-0.15, -0.1) is 10.2 Å². The van der Waals surface area contributed by atoms with E-state index >= 15 is 0 Å². The number of carbonyl (C=O) groups excluding carboxylic acids is 2. The number of para-hydroxylation sites is 1. The van der Waals surface area contributed by atoms with E-state index in [1.54, 1.807) is 43.4 Å². The van der Waals surface area contributed by atoms with E-state index in [4.69, 9.17) is 21.9 Å². The zero-order valence-corrected chi connectivity index (χ0v) is 17.4. The van der Waals surface area contributed by atoms with Gasteiger partial charge in [0.1, 0.15) is 17.2 Å². The van der Waals surface area contributed by atoms with Crippen molar-refractivity contribution < 1.29 is 14.3 Å². The summed E-state index contributed by atoms with van der Waals surface area (Å²) in [5.41, 5.74) is 17.9. The maximum atomic E-state index is 12.1. The fourth-order valence-electron chi connectivity index (χ4n) is 2.52. The Morgan fingerprint density at radius 1 is 1.13 bits per heavy atom. The highest BCUT2D eigenvalue weighted by Gasteiger charge is 2.14. The van der Waals surface area contributed by atoms with Crippen molar-refractivity contribution in [3.05, 3.63) is 36.4 Å². The summed E-state index contributed by atoms with van der Waals surface area (Å²) in [6, 6.07) is 9.17. The lowest BCUT2D eigenvalue weighted by Crippen LogP contribution is -2.35. The number of esters is 1. The molecule has 0 aliphatic heterocycles. The van der Waals surface area contributed by atoms with E-state index in [9.17, 15) is 9.59 Å². The second-order valence-corrected chi connectivity index (χ2v) is 6.65. The van der Waals surface area contributed by atoms with E-state index in [0.29, 0.717) is 24.3 Å². The average Bonchev–Trinajstić information content (AvgIpc) is 2.74. The van der Waals surface area contributed by atoms with Crippen LogP contribution in [0, 0.1) is 0 Å². The number of ether oxygens (including phenoxy) is 1. The second kappa shape index (κ2) is 12.3. The van der Waals surface area contributed by atoms with Gasteiger partial charge in [-0.2, -0.15) is 0 Å². The van der Waals surface area contributed by atoms with Crippen LogP contribution in [0.2, 0.25) is 0 Å². The maximum absolute atomic E-state index is 12.1. The number of hydrogen-bond donors (Lipinski definition) is 5. The Bertz CT molecular complexity index is 919. The van der Waals surface area contributed by atoms with Crippen molar-refractivity contribution in [2.45, 2.75) is 25.3 Å². The molecule has 1 atom stereocenters. The maximum Gasteiger partial charge on any atom is 0.325 e. The van der Waals surface area contributed by atoms with Crippen molar-refractivity contribution in [1.29, 1.82) is 0 Å². The standard InChI is InChI=1S/C20H28N8O3/c1-24-12-18(29)31-16-8-3-2-7-14(16)27-28-15-9-10-17(25-19(15)23)26-20(30)13(22)6-4-5-11-21/h2-3,7-10,13,24H,4-6,11-12,21-22H2,1H3,(H3,23,25,26,30)/t13-/m0/s1. The first kappa shape index (κ1) is 23.9.